The van der Waals surface area contributed by atoms with Crippen LogP contribution in [-0.4, -0.2) is 56.7 Å². The molecule has 1 saturated heterocycles. The molecule has 1 N–H and O–H groups in total. The van der Waals surface area contributed by atoms with Crippen LogP contribution in [0.4, 0.5) is 0 Å². The molecular weight excluding hydrogens is 388 g/mol. The van der Waals surface area contributed by atoms with Gasteiger partial charge >= 0.3 is 0 Å². The Morgan fingerprint density at radius 3 is 2.97 bits per heavy atom. The topological polar surface area (TPSA) is 75.9 Å². The number of carbonyl (C=O) groups excluding carboxylic acids is 1. The lowest BCUT2D eigenvalue weighted by Gasteiger charge is -2.32. The number of nitrogens with one attached hydrogen (secondary N) is 1. The Labute approximate surface area is 182 Å². The van der Waals surface area contributed by atoms with E-state index in [2.05, 4.69) is 51.5 Å². The van der Waals surface area contributed by atoms with Gasteiger partial charge in [-0.2, -0.15) is 5.10 Å². The fraction of sp³-hybridized carbons (Fsp3) is 0.417. The number of likely N-dealkylation sites (tertiary alicyclic amines) is 1. The van der Waals surface area contributed by atoms with Crippen molar-refractivity contribution in [2.45, 2.75) is 38.6 Å². The molecular formula is C24H28N6O. The molecule has 0 radical (unpaired) electrons. The lowest BCUT2D eigenvalue weighted by molar-refractivity contribution is 0.0924. The number of benzene rings is 1. The van der Waals surface area contributed by atoms with E-state index in [1.165, 1.54) is 37.9 Å². The van der Waals surface area contributed by atoms with Gasteiger partial charge in [0, 0.05) is 24.8 Å². The summed E-state index contributed by atoms with van der Waals surface area (Å²) >= 11 is 0. The van der Waals surface area contributed by atoms with Gasteiger partial charge in [0.25, 0.3) is 5.91 Å². The highest BCUT2D eigenvalue weighted by atomic mass is 16.2. The van der Waals surface area contributed by atoms with Crippen LogP contribution in [0.25, 0.3) is 22.8 Å². The molecule has 7 nitrogen and oxygen atoms in total. The molecule has 3 aromatic rings. The van der Waals surface area contributed by atoms with Crippen LogP contribution < -0.4 is 5.32 Å². The number of nitrogens with zero attached hydrogens (tertiary/aromatic N) is 5. The van der Waals surface area contributed by atoms with Crippen LogP contribution in [-0.2, 0) is 6.54 Å². The SMILES string of the molecule is CCCN1CCC[C@@H](c2cccc(-c3nccc(-c4cc5n(n4)CCNC5=O)n3)c2)C1. The zero-order chi connectivity index (χ0) is 21.2. The van der Waals surface area contributed by atoms with Crippen LogP contribution in [0, 0.1) is 0 Å². The van der Waals surface area contributed by atoms with E-state index in [9.17, 15) is 4.79 Å². The first-order valence-electron chi connectivity index (χ1n) is 11.2. The van der Waals surface area contributed by atoms with Gasteiger partial charge in [-0.1, -0.05) is 25.1 Å². The van der Waals surface area contributed by atoms with Crippen molar-refractivity contribution in [2.75, 3.05) is 26.2 Å². The summed E-state index contributed by atoms with van der Waals surface area (Å²) in [5.41, 5.74) is 4.40. The van der Waals surface area contributed by atoms with Crippen molar-refractivity contribution in [2.24, 2.45) is 0 Å². The van der Waals surface area contributed by atoms with Gasteiger partial charge < -0.3 is 10.2 Å². The van der Waals surface area contributed by atoms with E-state index < -0.39 is 0 Å². The third-order valence-electron chi connectivity index (χ3n) is 6.20. The van der Waals surface area contributed by atoms with Gasteiger partial charge in [0.2, 0.25) is 0 Å². The van der Waals surface area contributed by atoms with Crippen molar-refractivity contribution < 1.29 is 4.79 Å². The number of rotatable bonds is 5. The van der Waals surface area contributed by atoms with Crippen molar-refractivity contribution in [1.82, 2.24) is 30.0 Å². The summed E-state index contributed by atoms with van der Waals surface area (Å²) < 4.78 is 1.75. The van der Waals surface area contributed by atoms with E-state index in [-0.39, 0.29) is 5.91 Å². The molecule has 5 rings (SSSR count). The van der Waals surface area contributed by atoms with Crippen LogP contribution in [0.2, 0.25) is 0 Å². The molecule has 1 fully saturated rings. The van der Waals surface area contributed by atoms with Gasteiger partial charge in [0.15, 0.2) is 5.82 Å². The summed E-state index contributed by atoms with van der Waals surface area (Å²) in [6.07, 6.45) is 5.45. The molecule has 0 bridgehead atoms. The Bertz CT molecular complexity index is 1090. The van der Waals surface area contributed by atoms with E-state index >= 15 is 0 Å². The fourth-order valence-corrected chi connectivity index (χ4v) is 4.68. The minimum absolute atomic E-state index is 0.0865. The molecule has 2 aliphatic heterocycles. The summed E-state index contributed by atoms with van der Waals surface area (Å²) in [7, 11) is 0. The van der Waals surface area contributed by atoms with Crippen LogP contribution in [0.5, 0.6) is 0 Å². The maximum absolute atomic E-state index is 12.1. The molecule has 0 aliphatic carbocycles. The predicted octanol–water partition coefficient (Wildman–Crippen LogP) is 3.34. The van der Waals surface area contributed by atoms with Gasteiger partial charge in [-0.15, -0.1) is 0 Å². The lowest BCUT2D eigenvalue weighted by Crippen LogP contribution is -2.35. The largest absolute Gasteiger partial charge is 0.349 e. The van der Waals surface area contributed by atoms with Gasteiger partial charge in [0.1, 0.15) is 11.4 Å². The molecule has 0 saturated carbocycles. The molecule has 0 unspecified atom stereocenters. The van der Waals surface area contributed by atoms with Gasteiger partial charge in [-0.3, -0.25) is 9.48 Å². The highest BCUT2D eigenvalue weighted by Gasteiger charge is 2.22. The minimum atomic E-state index is -0.0865. The molecule has 2 aromatic heterocycles. The summed E-state index contributed by atoms with van der Waals surface area (Å²) in [5.74, 6) is 1.16. The van der Waals surface area contributed by atoms with E-state index in [0.29, 0.717) is 36.2 Å². The Morgan fingerprint density at radius 2 is 2.10 bits per heavy atom. The van der Waals surface area contributed by atoms with E-state index in [1.54, 1.807) is 16.9 Å². The van der Waals surface area contributed by atoms with Crippen molar-refractivity contribution in [3.05, 3.63) is 53.9 Å². The maximum atomic E-state index is 12.1. The number of fused-ring (bicyclic) bond motifs is 1. The lowest BCUT2D eigenvalue weighted by atomic mass is 9.89. The van der Waals surface area contributed by atoms with Crippen molar-refractivity contribution in [3.63, 3.8) is 0 Å². The summed E-state index contributed by atoms with van der Waals surface area (Å²) in [5, 5.41) is 7.44. The highest BCUT2D eigenvalue weighted by Crippen LogP contribution is 2.30. The van der Waals surface area contributed by atoms with E-state index in [1.807, 2.05) is 6.07 Å². The second-order valence-corrected chi connectivity index (χ2v) is 8.42. The fourth-order valence-electron chi connectivity index (χ4n) is 4.68. The van der Waals surface area contributed by atoms with Crippen molar-refractivity contribution in [1.29, 1.82) is 0 Å². The molecule has 2 aliphatic rings. The summed E-state index contributed by atoms with van der Waals surface area (Å²) in [6.45, 7) is 7.04. The molecule has 160 valence electrons. The maximum Gasteiger partial charge on any atom is 0.269 e. The first kappa shape index (κ1) is 19.9. The molecule has 1 amide bonds. The minimum Gasteiger partial charge on any atom is -0.349 e. The van der Waals surface area contributed by atoms with Crippen molar-refractivity contribution in [3.8, 4) is 22.8 Å². The molecule has 7 heteroatoms. The van der Waals surface area contributed by atoms with Gasteiger partial charge in [-0.25, -0.2) is 9.97 Å². The number of hydrogen-bond acceptors (Lipinski definition) is 5. The molecule has 1 aromatic carbocycles. The molecule has 1 atom stereocenters. The first-order chi connectivity index (χ1) is 15.2. The number of hydrogen-bond donors (Lipinski definition) is 1. The summed E-state index contributed by atoms with van der Waals surface area (Å²) in [4.78, 5) is 24.0. The third-order valence-corrected chi connectivity index (χ3v) is 6.20. The Balaban J connectivity index is 1.42. The Kier molecular flexibility index (Phi) is 5.51. The molecule has 4 heterocycles. The number of carbonyl (C=O) groups is 1. The Hall–Kier alpha value is -3.06. The Morgan fingerprint density at radius 1 is 1.16 bits per heavy atom. The van der Waals surface area contributed by atoms with Crippen LogP contribution in [0.3, 0.4) is 0 Å². The number of amides is 1. The normalized spacial score (nSPS) is 19.1. The highest BCUT2D eigenvalue weighted by molar-refractivity contribution is 5.94. The van der Waals surface area contributed by atoms with E-state index in [0.717, 1.165) is 17.8 Å². The second-order valence-electron chi connectivity index (χ2n) is 8.42. The monoisotopic (exact) mass is 416 g/mol. The standard InChI is InChI=1S/C24H28N6O/c1-2-11-29-12-4-7-19(16-29)17-5-3-6-18(14-17)23-25-9-8-20(27-23)21-15-22-24(31)26-10-13-30(22)28-21/h3,5-6,8-9,14-15,19H,2,4,7,10-13,16H2,1H3,(H,26,31)/t19-/m1/s1. The summed E-state index contributed by atoms with van der Waals surface area (Å²) in [6, 6.07) is 12.3. The quantitative estimate of drug-likeness (QED) is 0.690. The van der Waals surface area contributed by atoms with Crippen molar-refractivity contribution >= 4 is 5.91 Å². The number of piperidine rings is 1. The number of aromatic nitrogens is 4. The second kappa shape index (κ2) is 8.59. The predicted molar refractivity (Wildman–Crippen MR) is 120 cm³/mol. The van der Waals surface area contributed by atoms with Crippen LogP contribution >= 0.6 is 0 Å². The first-order valence-corrected chi connectivity index (χ1v) is 11.2. The third kappa shape index (κ3) is 4.10. The molecule has 31 heavy (non-hydrogen) atoms. The van der Waals surface area contributed by atoms with Gasteiger partial charge in [0.05, 0.1) is 12.2 Å². The smallest absolute Gasteiger partial charge is 0.269 e. The zero-order valence-electron chi connectivity index (χ0n) is 17.9. The zero-order valence-corrected chi connectivity index (χ0v) is 17.9. The average molecular weight is 417 g/mol. The average Bonchev–Trinajstić information content (AvgIpc) is 3.26. The van der Waals surface area contributed by atoms with Crippen LogP contribution in [0.1, 0.15) is 48.2 Å². The van der Waals surface area contributed by atoms with Gasteiger partial charge in [-0.05, 0) is 62.0 Å². The van der Waals surface area contributed by atoms with Crippen LogP contribution in [0.15, 0.2) is 42.6 Å². The molecule has 0 spiro atoms. The van der Waals surface area contributed by atoms with E-state index in [4.69, 9.17) is 4.98 Å².